The molecule has 34 heavy (non-hydrogen) atoms. The van der Waals surface area contributed by atoms with Crippen molar-refractivity contribution in [3.63, 3.8) is 0 Å². The van der Waals surface area contributed by atoms with Crippen molar-refractivity contribution < 1.29 is 9.53 Å². The number of piperidine rings is 1. The molecule has 1 saturated carbocycles. The minimum atomic E-state index is 0.0389. The third kappa shape index (κ3) is 5.11. The number of pyridine rings is 1. The molecule has 4 unspecified atom stereocenters. The maximum atomic E-state index is 13.4. The van der Waals surface area contributed by atoms with E-state index in [-0.39, 0.29) is 30.0 Å². The molecule has 6 atom stereocenters. The zero-order valence-electron chi connectivity index (χ0n) is 20.2. The van der Waals surface area contributed by atoms with E-state index < -0.39 is 0 Å². The van der Waals surface area contributed by atoms with Crippen LogP contribution in [-0.4, -0.2) is 42.2 Å². The molecule has 1 aromatic heterocycles. The van der Waals surface area contributed by atoms with Crippen molar-refractivity contribution in [1.29, 1.82) is 0 Å². The number of benzene rings is 1. The van der Waals surface area contributed by atoms with E-state index in [4.69, 9.17) is 4.74 Å². The molecule has 3 fully saturated rings. The summed E-state index contributed by atoms with van der Waals surface area (Å²) in [4.78, 5) is 17.8. The number of carbonyl (C=O) groups excluding carboxylic acids is 1. The molecule has 2 saturated heterocycles. The SMILES string of the molecule is CC(C)Oc1cc(C2NNC3CCC(C(=O)N[C@@H]4CNCC[C@H]4c4ccccc4)CC32)ccn1. The fraction of sp³-hybridized carbons (Fsp3) is 0.556. The van der Waals surface area contributed by atoms with Gasteiger partial charge in [0.25, 0.3) is 0 Å². The molecule has 7 heteroatoms. The Hall–Kier alpha value is -2.48. The van der Waals surface area contributed by atoms with Crippen LogP contribution in [0.5, 0.6) is 5.88 Å². The summed E-state index contributed by atoms with van der Waals surface area (Å²) in [5.74, 6) is 1.61. The second-order valence-electron chi connectivity index (χ2n) is 10.3. The van der Waals surface area contributed by atoms with Crippen molar-refractivity contribution in [3.05, 3.63) is 59.8 Å². The molecule has 5 rings (SSSR count). The molecule has 182 valence electrons. The van der Waals surface area contributed by atoms with Gasteiger partial charge in [0.05, 0.1) is 12.1 Å². The molecule has 2 aromatic rings. The van der Waals surface area contributed by atoms with Crippen LogP contribution in [0.4, 0.5) is 0 Å². The zero-order chi connectivity index (χ0) is 23.5. The third-order valence-corrected chi connectivity index (χ3v) is 7.63. The Morgan fingerprint density at radius 1 is 1.09 bits per heavy atom. The van der Waals surface area contributed by atoms with Crippen LogP contribution in [0.1, 0.15) is 62.6 Å². The fourth-order valence-corrected chi connectivity index (χ4v) is 5.96. The van der Waals surface area contributed by atoms with Crippen molar-refractivity contribution in [2.75, 3.05) is 13.1 Å². The first-order valence-corrected chi connectivity index (χ1v) is 12.8. The lowest BCUT2D eigenvalue weighted by atomic mass is 9.74. The normalized spacial score (nSPS) is 31.1. The summed E-state index contributed by atoms with van der Waals surface area (Å²) in [6.45, 7) is 5.83. The van der Waals surface area contributed by atoms with E-state index in [0.717, 1.165) is 44.3 Å². The Kier molecular flexibility index (Phi) is 7.13. The minimum absolute atomic E-state index is 0.0389. The number of carbonyl (C=O) groups is 1. The largest absolute Gasteiger partial charge is 0.475 e. The van der Waals surface area contributed by atoms with E-state index in [1.807, 2.05) is 26.1 Å². The lowest BCUT2D eigenvalue weighted by Crippen LogP contribution is -2.52. The number of hydrogen-bond acceptors (Lipinski definition) is 6. The van der Waals surface area contributed by atoms with Crippen LogP contribution in [0, 0.1) is 11.8 Å². The Morgan fingerprint density at radius 2 is 1.94 bits per heavy atom. The number of hydrogen-bond donors (Lipinski definition) is 4. The van der Waals surface area contributed by atoms with Crippen LogP contribution in [0.25, 0.3) is 0 Å². The van der Waals surface area contributed by atoms with Crippen molar-refractivity contribution in [2.24, 2.45) is 11.8 Å². The standard InChI is InChI=1S/C27H37N5O2/c1-17(2)34-25-15-19(10-13-29-25)26-22-14-20(8-9-23(22)31-32-26)27(33)30-24-16-28-12-11-21(24)18-6-4-3-5-7-18/h3-7,10,13,15,17,20-24,26,28,31-32H,8-9,11-12,14,16H2,1-2H3,(H,30,33)/t20?,21-,22?,23?,24+,26?/m0/s1. The van der Waals surface area contributed by atoms with E-state index in [1.165, 1.54) is 5.56 Å². The maximum absolute atomic E-state index is 13.4. The second kappa shape index (κ2) is 10.4. The Bertz CT molecular complexity index is 969. The lowest BCUT2D eigenvalue weighted by Gasteiger charge is -2.36. The van der Waals surface area contributed by atoms with Gasteiger partial charge in [-0.15, -0.1) is 0 Å². The molecule has 7 nitrogen and oxygen atoms in total. The van der Waals surface area contributed by atoms with Gasteiger partial charge in [0.1, 0.15) is 0 Å². The Morgan fingerprint density at radius 3 is 2.76 bits per heavy atom. The summed E-state index contributed by atoms with van der Waals surface area (Å²) in [5, 5.41) is 6.90. The fourth-order valence-electron chi connectivity index (χ4n) is 5.96. The van der Waals surface area contributed by atoms with Crippen molar-refractivity contribution in [3.8, 4) is 5.88 Å². The predicted molar refractivity (Wildman–Crippen MR) is 132 cm³/mol. The molecule has 1 aliphatic carbocycles. The lowest BCUT2D eigenvalue weighted by molar-refractivity contribution is -0.127. The number of ether oxygens (including phenoxy) is 1. The van der Waals surface area contributed by atoms with Gasteiger partial charge in [-0.3, -0.25) is 10.2 Å². The van der Waals surface area contributed by atoms with Crippen LogP contribution < -0.4 is 26.2 Å². The molecule has 4 N–H and O–H groups in total. The summed E-state index contributed by atoms with van der Waals surface area (Å²) in [5.41, 5.74) is 9.45. The highest BCUT2D eigenvalue weighted by atomic mass is 16.5. The van der Waals surface area contributed by atoms with Gasteiger partial charge in [0.2, 0.25) is 11.8 Å². The van der Waals surface area contributed by atoms with E-state index in [9.17, 15) is 4.79 Å². The molecule has 1 aromatic carbocycles. The van der Waals surface area contributed by atoms with Gasteiger partial charge in [-0.05, 0) is 69.2 Å². The van der Waals surface area contributed by atoms with Crippen LogP contribution in [0.3, 0.4) is 0 Å². The summed E-state index contributed by atoms with van der Waals surface area (Å²) >= 11 is 0. The van der Waals surface area contributed by atoms with Crippen LogP contribution in [0.15, 0.2) is 48.7 Å². The van der Waals surface area contributed by atoms with Crippen molar-refractivity contribution in [1.82, 2.24) is 26.5 Å². The Labute approximate surface area is 202 Å². The highest BCUT2D eigenvalue weighted by Gasteiger charge is 2.43. The van der Waals surface area contributed by atoms with Crippen molar-refractivity contribution >= 4 is 5.91 Å². The number of amides is 1. The number of hydrazine groups is 1. The summed E-state index contributed by atoms with van der Waals surface area (Å²) < 4.78 is 5.81. The molecule has 0 spiro atoms. The van der Waals surface area contributed by atoms with Crippen molar-refractivity contribution in [2.45, 2.75) is 69.7 Å². The van der Waals surface area contributed by atoms with Crippen LogP contribution in [0.2, 0.25) is 0 Å². The molecule has 3 aliphatic rings. The smallest absolute Gasteiger partial charge is 0.223 e. The monoisotopic (exact) mass is 463 g/mol. The highest BCUT2D eigenvalue weighted by Crippen LogP contribution is 2.41. The third-order valence-electron chi connectivity index (χ3n) is 7.63. The number of fused-ring (bicyclic) bond motifs is 1. The molecular formula is C27H37N5O2. The summed E-state index contributed by atoms with van der Waals surface area (Å²) in [6, 6.07) is 15.4. The number of aromatic nitrogens is 1. The zero-order valence-corrected chi connectivity index (χ0v) is 20.2. The van der Waals surface area contributed by atoms with Crippen LogP contribution >= 0.6 is 0 Å². The topological polar surface area (TPSA) is 87.3 Å². The van der Waals surface area contributed by atoms with Gasteiger partial charge in [-0.1, -0.05) is 30.3 Å². The first kappa shape index (κ1) is 23.3. The second-order valence-corrected chi connectivity index (χ2v) is 10.3. The predicted octanol–water partition coefficient (Wildman–Crippen LogP) is 3.06. The van der Waals surface area contributed by atoms with E-state index in [1.54, 1.807) is 0 Å². The quantitative estimate of drug-likeness (QED) is 0.527. The number of rotatable bonds is 6. The van der Waals surface area contributed by atoms with E-state index in [2.05, 4.69) is 62.9 Å². The average Bonchev–Trinajstić information content (AvgIpc) is 3.28. The average molecular weight is 464 g/mol. The molecule has 3 heterocycles. The van der Waals surface area contributed by atoms with Gasteiger partial charge in [-0.2, -0.15) is 0 Å². The first-order valence-electron chi connectivity index (χ1n) is 12.8. The van der Waals surface area contributed by atoms with Gasteiger partial charge < -0.3 is 15.4 Å². The summed E-state index contributed by atoms with van der Waals surface area (Å²) in [7, 11) is 0. The van der Waals surface area contributed by atoms with Gasteiger partial charge in [0.15, 0.2) is 0 Å². The summed E-state index contributed by atoms with van der Waals surface area (Å²) in [6.07, 6.45) is 5.74. The molecule has 0 radical (unpaired) electrons. The number of nitrogens with one attached hydrogen (secondary N) is 4. The first-order chi connectivity index (χ1) is 16.6. The van der Waals surface area contributed by atoms with Gasteiger partial charge in [-0.25, -0.2) is 10.4 Å². The van der Waals surface area contributed by atoms with E-state index >= 15 is 0 Å². The molecular weight excluding hydrogens is 426 g/mol. The van der Waals surface area contributed by atoms with Crippen LogP contribution in [-0.2, 0) is 4.79 Å². The van der Waals surface area contributed by atoms with Gasteiger partial charge >= 0.3 is 0 Å². The Balaban J connectivity index is 1.26. The molecule has 1 amide bonds. The van der Waals surface area contributed by atoms with Gasteiger partial charge in [0, 0.05) is 42.7 Å². The molecule has 2 aliphatic heterocycles. The maximum Gasteiger partial charge on any atom is 0.223 e. The molecule has 0 bridgehead atoms. The van der Waals surface area contributed by atoms with E-state index in [0.29, 0.717) is 23.8 Å². The number of nitrogens with zero attached hydrogens (tertiary/aromatic N) is 1. The minimum Gasteiger partial charge on any atom is -0.475 e. The highest BCUT2D eigenvalue weighted by molar-refractivity contribution is 5.79.